The molecule has 1 heterocycles. The van der Waals surface area contributed by atoms with Gasteiger partial charge < -0.3 is 4.74 Å². The topological polar surface area (TPSA) is 22.1 Å². The molecule has 16 heavy (non-hydrogen) atoms. The Kier molecular flexibility index (Phi) is 3.61. The fourth-order valence-electron chi connectivity index (χ4n) is 1.51. The maximum Gasteiger partial charge on any atom is 0.160 e. The molecule has 4 heteroatoms. The van der Waals surface area contributed by atoms with Crippen molar-refractivity contribution in [1.29, 1.82) is 0 Å². The highest BCUT2D eigenvalue weighted by Gasteiger charge is 2.07. The predicted molar refractivity (Wildman–Crippen MR) is 71.2 cm³/mol. The molecule has 2 aromatic rings. The van der Waals surface area contributed by atoms with Crippen molar-refractivity contribution < 1.29 is 4.74 Å². The SMILES string of the molecule is CCOc1ccc(-c2nc(Br)sc2C)cc1. The first-order valence-electron chi connectivity index (χ1n) is 5.07. The average molecular weight is 298 g/mol. The van der Waals surface area contributed by atoms with Crippen molar-refractivity contribution >= 4 is 27.3 Å². The summed E-state index contributed by atoms with van der Waals surface area (Å²) in [5.74, 6) is 0.901. The highest BCUT2D eigenvalue weighted by molar-refractivity contribution is 9.11. The lowest BCUT2D eigenvalue weighted by Gasteiger charge is -2.03. The molecule has 2 rings (SSSR count). The summed E-state index contributed by atoms with van der Waals surface area (Å²) >= 11 is 5.06. The second kappa shape index (κ2) is 4.97. The van der Waals surface area contributed by atoms with Crippen LogP contribution in [0.15, 0.2) is 28.2 Å². The number of ether oxygens (including phenoxy) is 1. The van der Waals surface area contributed by atoms with Crippen LogP contribution >= 0.6 is 27.3 Å². The molecular formula is C12H12BrNOS. The lowest BCUT2D eigenvalue weighted by atomic mass is 10.1. The molecule has 0 bridgehead atoms. The number of halogens is 1. The maximum atomic E-state index is 5.41. The Morgan fingerprint density at radius 1 is 1.31 bits per heavy atom. The van der Waals surface area contributed by atoms with Gasteiger partial charge in [-0.15, -0.1) is 11.3 Å². The zero-order chi connectivity index (χ0) is 11.5. The van der Waals surface area contributed by atoms with Gasteiger partial charge in [0.15, 0.2) is 3.92 Å². The van der Waals surface area contributed by atoms with Crippen LogP contribution in [0.2, 0.25) is 0 Å². The van der Waals surface area contributed by atoms with E-state index in [2.05, 4.69) is 27.8 Å². The van der Waals surface area contributed by atoms with Crippen molar-refractivity contribution in [3.63, 3.8) is 0 Å². The largest absolute Gasteiger partial charge is 0.494 e. The normalized spacial score (nSPS) is 10.4. The predicted octanol–water partition coefficient (Wildman–Crippen LogP) is 4.28. The molecule has 0 aliphatic heterocycles. The molecule has 0 saturated carbocycles. The highest BCUT2D eigenvalue weighted by Crippen LogP contribution is 2.31. The Hall–Kier alpha value is -0.870. The van der Waals surface area contributed by atoms with Crippen LogP contribution in [0.25, 0.3) is 11.3 Å². The van der Waals surface area contributed by atoms with Gasteiger partial charge in [-0.2, -0.15) is 0 Å². The Bertz CT molecular complexity index is 478. The first-order chi connectivity index (χ1) is 7.70. The molecular weight excluding hydrogens is 286 g/mol. The smallest absolute Gasteiger partial charge is 0.160 e. The van der Waals surface area contributed by atoms with E-state index < -0.39 is 0 Å². The molecule has 0 saturated heterocycles. The van der Waals surface area contributed by atoms with Crippen LogP contribution in [0.5, 0.6) is 5.75 Å². The summed E-state index contributed by atoms with van der Waals surface area (Å²) in [7, 11) is 0. The second-order valence-corrected chi connectivity index (χ2v) is 5.81. The van der Waals surface area contributed by atoms with Crippen molar-refractivity contribution in [3.05, 3.63) is 33.1 Å². The fraction of sp³-hybridized carbons (Fsp3) is 0.250. The molecule has 0 radical (unpaired) electrons. The molecule has 84 valence electrons. The number of nitrogens with zero attached hydrogens (tertiary/aromatic N) is 1. The maximum absolute atomic E-state index is 5.41. The number of aryl methyl sites for hydroxylation is 1. The Labute approximate surface area is 107 Å². The third-order valence-electron chi connectivity index (χ3n) is 2.21. The quantitative estimate of drug-likeness (QED) is 0.843. The van der Waals surface area contributed by atoms with Gasteiger partial charge in [0.2, 0.25) is 0 Å². The first-order valence-corrected chi connectivity index (χ1v) is 6.68. The lowest BCUT2D eigenvalue weighted by Crippen LogP contribution is -1.90. The Balaban J connectivity index is 2.31. The molecule has 0 atom stereocenters. The van der Waals surface area contributed by atoms with Gasteiger partial charge in [0, 0.05) is 10.4 Å². The summed E-state index contributed by atoms with van der Waals surface area (Å²) in [6.07, 6.45) is 0. The van der Waals surface area contributed by atoms with E-state index in [4.69, 9.17) is 4.74 Å². The van der Waals surface area contributed by atoms with E-state index in [0.717, 1.165) is 20.9 Å². The minimum absolute atomic E-state index is 0.695. The van der Waals surface area contributed by atoms with Gasteiger partial charge in [-0.3, -0.25) is 0 Å². The number of rotatable bonds is 3. The summed E-state index contributed by atoms with van der Waals surface area (Å²) in [4.78, 5) is 5.67. The third kappa shape index (κ3) is 2.44. The van der Waals surface area contributed by atoms with Gasteiger partial charge in [-0.25, -0.2) is 4.98 Å². The van der Waals surface area contributed by atoms with Crippen LogP contribution in [0.3, 0.4) is 0 Å². The van der Waals surface area contributed by atoms with Gasteiger partial charge >= 0.3 is 0 Å². The van der Waals surface area contributed by atoms with E-state index in [1.54, 1.807) is 11.3 Å². The second-order valence-electron chi connectivity index (χ2n) is 3.33. The molecule has 0 spiro atoms. The van der Waals surface area contributed by atoms with E-state index in [-0.39, 0.29) is 0 Å². The Morgan fingerprint density at radius 3 is 2.50 bits per heavy atom. The van der Waals surface area contributed by atoms with Gasteiger partial charge in [0.05, 0.1) is 12.3 Å². The summed E-state index contributed by atoms with van der Waals surface area (Å²) in [6, 6.07) is 8.04. The third-order valence-corrected chi connectivity index (χ3v) is 3.63. The fourth-order valence-corrected chi connectivity index (χ4v) is 3.06. The molecule has 2 nitrogen and oxygen atoms in total. The standard InChI is InChI=1S/C12H12BrNOS/c1-3-15-10-6-4-9(5-7-10)11-8(2)16-12(13)14-11/h4-7H,3H2,1-2H3. The van der Waals surface area contributed by atoms with Crippen LogP contribution < -0.4 is 4.74 Å². The Morgan fingerprint density at radius 2 is 2.00 bits per heavy atom. The number of aromatic nitrogens is 1. The molecule has 0 fully saturated rings. The van der Waals surface area contributed by atoms with Crippen LogP contribution in [0, 0.1) is 6.92 Å². The molecule has 0 N–H and O–H groups in total. The van der Waals surface area contributed by atoms with Crippen molar-refractivity contribution in [2.24, 2.45) is 0 Å². The van der Waals surface area contributed by atoms with Crippen molar-refractivity contribution in [1.82, 2.24) is 4.98 Å². The molecule has 0 unspecified atom stereocenters. The summed E-state index contributed by atoms with van der Waals surface area (Å²) in [5.41, 5.74) is 2.17. The first kappa shape index (κ1) is 11.6. The molecule has 0 aliphatic rings. The van der Waals surface area contributed by atoms with Crippen LogP contribution in [0.1, 0.15) is 11.8 Å². The van der Waals surface area contributed by atoms with Crippen LogP contribution in [-0.4, -0.2) is 11.6 Å². The van der Waals surface area contributed by atoms with Crippen molar-refractivity contribution in [3.8, 4) is 17.0 Å². The van der Waals surface area contributed by atoms with E-state index in [9.17, 15) is 0 Å². The van der Waals surface area contributed by atoms with E-state index in [1.807, 2.05) is 31.2 Å². The van der Waals surface area contributed by atoms with Crippen LogP contribution in [0.4, 0.5) is 0 Å². The average Bonchev–Trinajstić information content (AvgIpc) is 2.59. The zero-order valence-corrected chi connectivity index (χ0v) is 11.6. The minimum Gasteiger partial charge on any atom is -0.494 e. The number of hydrogen-bond acceptors (Lipinski definition) is 3. The monoisotopic (exact) mass is 297 g/mol. The van der Waals surface area contributed by atoms with E-state index >= 15 is 0 Å². The van der Waals surface area contributed by atoms with Gasteiger partial charge in [-0.05, 0) is 54.0 Å². The summed E-state index contributed by atoms with van der Waals surface area (Å²) in [5, 5.41) is 0. The molecule has 0 aliphatic carbocycles. The molecule has 0 amide bonds. The lowest BCUT2D eigenvalue weighted by molar-refractivity contribution is 0.340. The zero-order valence-electron chi connectivity index (χ0n) is 9.16. The summed E-state index contributed by atoms with van der Waals surface area (Å²) in [6.45, 7) is 4.75. The van der Waals surface area contributed by atoms with E-state index in [1.165, 1.54) is 4.88 Å². The highest BCUT2D eigenvalue weighted by atomic mass is 79.9. The van der Waals surface area contributed by atoms with Gasteiger partial charge in [-0.1, -0.05) is 0 Å². The van der Waals surface area contributed by atoms with E-state index in [0.29, 0.717) is 6.61 Å². The summed E-state index contributed by atoms with van der Waals surface area (Å²) < 4.78 is 6.33. The molecule has 1 aromatic heterocycles. The van der Waals surface area contributed by atoms with Crippen LogP contribution in [-0.2, 0) is 0 Å². The number of hydrogen-bond donors (Lipinski definition) is 0. The number of benzene rings is 1. The number of thiazole rings is 1. The van der Waals surface area contributed by atoms with Crippen molar-refractivity contribution in [2.75, 3.05) is 6.61 Å². The van der Waals surface area contributed by atoms with Gasteiger partial charge in [0.25, 0.3) is 0 Å². The molecule has 1 aromatic carbocycles. The van der Waals surface area contributed by atoms with Crippen molar-refractivity contribution in [2.45, 2.75) is 13.8 Å². The van der Waals surface area contributed by atoms with Gasteiger partial charge in [0.1, 0.15) is 5.75 Å². The minimum atomic E-state index is 0.695.